The van der Waals surface area contributed by atoms with Gasteiger partial charge in [0.25, 0.3) is 0 Å². The van der Waals surface area contributed by atoms with Crippen molar-refractivity contribution in [1.29, 1.82) is 0 Å². The molecule has 0 spiro atoms. The van der Waals surface area contributed by atoms with Crippen LogP contribution in [-0.2, 0) is 0 Å². The third-order valence-electron chi connectivity index (χ3n) is 1.99. The predicted octanol–water partition coefficient (Wildman–Crippen LogP) is 3.42. The van der Waals surface area contributed by atoms with Gasteiger partial charge in [-0.3, -0.25) is 0 Å². The van der Waals surface area contributed by atoms with Crippen LogP contribution in [0.4, 0.5) is 14.5 Å². The lowest BCUT2D eigenvalue weighted by Gasteiger charge is -2.09. The van der Waals surface area contributed by atoms with Crippen molar-refractivity contribution in [3.63, 3.8) is 0 Å². The molecule has 0 amide bonds. The summed E-state index contributed by atoms with van der Waals surface area (Å²) in [4.78, 5) is 0. The summed E-state index contributed by atoms with van der Waals surface area (Å²) in [6.45, 7) is 4.84. The normalized spacial score (nSPS) is 10.6. The molecule has 0 heterocycles. The molecule has 0 unspecified atom stereocenters. The Balaban J connectivity index is 2.54. The fraction of sp³-hybridized carbons (Fsp3) is 0.455. The maximum atomic E-state index is 13.1. The van der Waals surface area contributed by atoms with Crippen LogP contribution in [-0.4, -0.2) is 6.54 Å². The molecule has 1 N–H and O–H groups in total. The van der Waals surface area contributed by atoms with Crippen LogP contribution < -0.4 is 5.32 Å². The molecule has 0 saturated heterocycles. The molecule has 0 fully saturated rings. The minimum atomic E-state index is -0.806. The number of hydrogen-bond donors (Lipinski definition) is 1. The SMILES string of the molecule is CC(C)CCNc1cccc(F)c1F. The molecule has 1 aromatic carbocycles. The summed E-state index contributed by atoms with van der Waals surface area (Å²) in [5.41, 5.74) is 0.241. The van der Waals surface area contributed by atoms with Crippen molar-refractivity contribution in [2.24, 2.45) is 5.92 Å². The van der Waals surface area contributed by atoms with Gasteiger partial charge < -0.3 is 5.32 Å². The highest BCUT2D eigenvalue weighted by atomic mass is 19.2. The van der Waals surface area contributed by atoms with Gasteiger partial charge in [0.15, 0.2) is 11.6 Å². The molecule has 0 radical (unpaired) electrons. The molecule has 78 valence electrons. The summed E-state index contributed by atoms with van der Waals surface area (Å²) < 4.78 is 25.8. The summed E-state index contributed by atoms with van der Waals surface area (Å²) >= 11 is 0. The van der Waals surface area contributed by atoms with Crippen molar-refractivity contribution in [3.05, 3.63) is 29.8 Å². The quantitative estimate of drug-likeness (QED) is 0.783. The number of benzene rings is 1. The van der Waals surface area contributed by atoms with E-state index >= 15 is 0 Å². The molecule has 1 nitrogen and oxygen atoms in total. The van der Waals surface area contributed by atoms with Crippen LogP contribution in [0.1, 0.15) is 20.3 Å². The van der Waals surface area contributed by atoms with Gasteiger partial charge in [0.05, 0.1) is 5.69 Å². The van der Waals surface area contributed by atoms with Crippen LogP contribution in [0, 0.1) is 17.6 Å². The molecule has 0 aromatic heterocycles. The first-order valence-corrected chi connectivity index (χ1v) is 4.79. The van der Waals surface area contributed by atoms with Crippen LogP contribution in [0.3, 0.4) is 0 Å². The van der Waals surface area contributed by atoms with Crippen molar-refractivity contribution in [1.82, 2.24) is 0 Å². The maximum absolute atomic E-state index is 13.1. The second kappa shape index (κ2) is 4.94. The smallest absolute Gasteiger partial charge is 0.181 e. The van der Waals surface area contributed by atoms with Crippen LogP contribution in [0.2, 0.25) is 0 Å². The van der Waals surface area contributed by atoms with E-state index in [9.17, 15) is 8.78 Å². The average Bonchev–Trinajstić information content (AvgIpc) is 2.12. The maximum Gasteiger partial charge on any atom is 0.181 e. The number of rotatable bonds is 4. The molecule has 0 aliphatic carbocycles. The van der Waals surface area contributed by atoms with Crippen molar-refractivity contribution in [3.8, 4) is 0 Å². The van der Waals surface area contributed by atoms with E-state index in [1.165, 1.54) is 6.07 Å². The molecule has 3 heteroatoms. The van der Waals surface area contributed by atoms with Gasteiger partial charge in [-0.15, -0.1) is 0 Å². The highest BCUT2D eigenvalue weighted by Crippen LogP contribution is 2.16. The third kappa shape index (κ3) is 2.98. The van der Waals surface area contributed by atoms with Gasteiger partial charge in [0.2, 0.25) is 0 Å². The Morgan fingerprint density at radius 2 is 2.00 bits per heavy atom. The zero-order valence-electron chi connectivity index (χ0n) is 8.48. The summed E-state index contributed by atoms with van der Waals surface area (Å²) in [6.07, 6.45) is 0.940. The summed E-state index contributed by atoms with van der Waals surface area (Å²) in [5.74, 6) is -1.05. The van der Waals surface area contributed by atoms with Gasteiger partial charge in [-0.2, -0.15) is 0 Å². The van der Waals surface area contributed by atoms with E-state index in [4.69, 9.17) is 0 Å². The van der Waals surface area contributed by atoms with E-state index in [1.807, 2.05) is 0 Å². The molecule has 0 atom stereocenters. The summed E-state index contributed by atoms with van der Waals surface area (Å²) in [6, 6.07) is 4.15. The van der Waals surface area contributed by atoms with Crippen LogP contribution in [0.25, 0.3) is 0 Å². The fourth-order valence-corrected chi connectivity index (χ4v) is 1.14. The Bertz CT molecular complexity index is 297. The first-order valence-electron chi connectivity index (χ1n) is 4.79. The highest BCUT2D eigenvalue weighted by molar-refractivity contribution is 5.44. The molecule has 0 bridgehead atoms. The Kier molecular flexibility index (Phi) is 3.86. The van der Waals surface area contributed by atoms with Gasteiger partial charge >= 0.3 is 0 Å². The van der Waals surface area contributed by atoms with Gasteiger partial charge in [0, 0.05) is 6.54 Å². The lowest BCUT2D eigenvalue weighted by Crippen LogP contribution is -2.06. The van der Waals surface area contributed by atoms with E-state index < -0.39 is 11.6 Å². The minimum Gasteiger partial charge on any atom is -0.383 e. The molecule has 0 aliphatic rings. The Morgan fingerprint density at radius 1 is 1.29 bits per heavy atom. The number of nitrogens with one attached hydrogen (secondary N) is 1. The predicted molar refractivity (Wildman–Crippen MR) is 54.3 cm³/mol. The molecule has 1 aromatic rings. The first kappa shape index (κ1) is 11.0. The second-order valence-corrected chi connectivity index (χ2v) is 3.71. The Labute approximate surface area is 83.1 Å². The molecular formula is C11H15F2N. The standard InChI is InChI=1S/C11H15F2N/c1-8(2)6-7-14-10-5-3-4-9(12)11(10)13/h3-5,8,14H,6-7H2,1-2H3. The summed E-state index contributed by atoms with van der Waals surface area (Å²) in [5, 5.41) is 2.87. The molecular weight excluding hydrogens is 184 g/mol. The van der Waals surface area contributed by atoms with E-state index in [0.717, 1.165) is 12.5 Å². The molecule has 1 rings (SSSR count). The zero-order chi connectivity index (χ0) is 10.6. The topological polar surface area (TPSA) is 12.0 Å². The largest absolute Gasteiger partial charge is 0.383 e. The molecule has 0 aliphatic heterocycles. The second-order valence-electron chi connectivity index (χ2n) is 3.71. The van der Waals surface area contributed by atoms with Gasteiger partial charge in [-0.1, -0.05) is 19.9 Å². The van der Waals surface area contributed by atoms with E-state index in [2.05, 4.69) is 19.2 Å². The monoisotopic (exact) mass is 199 g/mol. The van der Waals surface area contributed by atoms with Crippen molar-refractivity contribution in [2.75, 3.05) is 11.9 Å². The molecule has 14 heavy (non-hydrogen) atoms. The van der Waals surface area contributed by atoms with Crippen LogP contribution in [0.15, 0.2) is 18.2 Å². The highest BCUT2D eigenvalue weighted by Gasteiger charge is 2.06. The fourth-order valence-electron chi connectivity index (χ4n) is 1.14. The lowest BCUT2D eigenvalue weighted by atomic mass is 10.1. The Hall–Kier alpha value is -1.12. The number of halogens is 2. The van der Waals surface area contributed by atoms with E-state index in [0.29, 0.717) is 12.5 Å². The zero-order valence-corrected chi connectivity index (χ0v) is 8.48. The van der Waals surface area contributed by atoms with Crippen molar-refractivity contribution in [2.45, 2.75) is 20.3 Å². The average molecular weight is 199 g/mol. The number of hydrogen-bond acceptors (Lipinski definition) is 1. The van der Waals surface area contributed by atoms with Crippen LogP contribution in [0.5, 0.6) is 0 Å². The molecule has 0 saturated carbocycles. The van der Waals surface area contributed by atoms with Gasteiger partial charge in [-0.25, -0.2) is 8.78 Å². The van der Waals surface area contributed by atoms with E-state index in [1.54, 1.807) is 6.07 Å². The van der Waals surface area contributed by atoms with Crippen LogP contribution >= 0.6 is 0 Å². The first-order chi connectivity index (χ1) is 6.61. The third-order valence-corrected chi connectivity index (χ3v) is 1.99. The van der Waals surface area contributed by atoms with Crippen molar-refractivity contribution >= 4 is 5.69 Å². The van der Waals surface area contributed by atoms with Crippen molar-refractivity contribution < 1.29 is 8.78 Å². The van der Waals surface area contributed by atoms with E-state index in [-0.39, 0.29) is 5.69 Å². The Morgan fingerprint density at radius 3 is 2.64 bits per heavy atom. The van der Waals surface area contributed by atoms with Gasteiger partial charge in [-0.05, 0) is 24.5 Å². The summed E-state index contributed by atoms with van der Waals surface area (Å²) in [7, 11) is 0. The lowest BCUT2D eigenvalue weighted by molar-refractivity contribution is 0.510. The van der Waals surface area contributed by atoms with Gasteiger partial charge in [0.1, 0.15) is 0 Å². The number of anilines is 1. The minimum absolute atomic E-state index is 0.241.